The van der Waals surface area contributed by atoms with E-state index in [1.807, 2.05) is 27.7 Å². The molecule has 4 N–H and O–H groups in total. The highest BCUT2D eigenvalue weighted by Crippen LogP contribution is 2.41. The lowest BCUT2D eigenvalue weighted by Crippen LogP contribution is -2.63. The van der Waals surface area contributed by atoms with Crippen LogP contribution in [0.3, 0.4) is 0 Å². The van der Waals surface area contributed by atoms with Gasteiger partial charge in [0.05, 0.1) is 24.9 Å². The predicted octanol–water partition coefficient (Wildman–Crippen LogP) is 2.61. The smallest absolute Gasteiger partial charge is 0.289 e. The highest BCUT2D eigenvalue weighted by molar-refractivity contribution is 6.38. The summed E-state index contributed by atoms with van der Waals surface area (Å²) in [5.74, 6) is -3.30. The Morgan fingerprint density at radius 2 is 1.65 bits per heavy atom. The van der Waals surface area contributed by atoms with E-state index in [9.17, 15) is 28.8 Å². The molecular formula is C38H57N7O7. The second kappa shape index (κ2) is 17.7. The van der Waals surface area contributed by atoms with Crippen molar-refractivity contribution in [1.82, 2.24) is 36.1 Å². The summed E-state index contributed by atoms with van der Waals surface area (Å²) in [7, 11) is 0. The molecule has 0 radical (unpaired) electrons. The maximum absolute atomic E-state index is 14.9. The third-order valence-electron chi connectivity index (χ3n) is 11.2. The zero-order valence-electron chi connectivity index (χ0n) is 31.2. The molecule has 5 amide bonds. The van der Waals surface area contributed by atoms with Crippen LogP contribution < -0.4 is 21.3 Å². The topological polar surface area (TPSA) is 189 Å². The van der Waals surface area contributed by atoms with Gasteiger partial charge in [0, 0.05) is 25.0 Å². The number of rotatable bonds is 13. The summed E-state index contributed by atoms with van der Waals surface area (Å²) in [4.78, 5) is 92.5. The largest absolute Gasteiger partial charge is 0.379 e. The van der Waals surface area contributed by atoms with Crippen molar-refractivity contribution in [2.24, 2.45) is 17.3 Å². The zero-order valence-corrected chi connectivity index (χ0v) is 31.2. The molecule has 14 heteroatoms. The maximum Gasteiger partial charge on any atom is 0.289 e. The minimum absolute atomic E-state index is 0.0945. The number of ketones is 1. The third kappa shape index (κ3) is 9.53. The molecule has 286 valence electrons. The van der Waals surface area contributed by atoms with Gasteiger partial charge in [-0.2, -0.15) is 0 Å². The molecule has 0 bridgehead atoms. The number of fused-ring (bicyclic) bond motifs is 1. The van der Waals surface area contributed by atoms with E-state index >= 15 is 0 Å². The number of likely N-dealkylation sites (tertiary alicyclic amines) is 1. The Morgan fingerprint density at radius 1 is 0.923 bits per heavy atom. The van der Waals surface area contributed by atoms with Crippen molar-refractivity contribution in [2.45, 2.75) is 147 Å². The number of hydrogen-bond acceptors (Lipinski definition) is 9. The first kappa shape index (κ1) is 39.3. The van der Waals surface area contributed by atoms with Crippen molar-refractivity contribution in [3.63, 3.8) is 0 Å². The summed E-state index contributed by atoms with van der Waals surface area (Å²) in [6.07, 6.45) is 14.1. The summed E-state index contributed by atoms with van der Waals surface area (Å²) in [6, 6.07) is -4.26. The number of hydrogen-bond donors (Lipinski definition) is 4. The highest BCUT2D eigenvalue weighted by Gasteiger charge is 2.51. The molecule has 4 fully saturated rings. The molecule has 1 aromatic heterocycles. The molecule has 7 atom stereocenters. The van der Waals surface area contributed by atoms with Crippen LogP contribution in [0, 0.1) is 17.3 Å². The second-order valence-corrected chi connectivity index (χ2v) is 16.1. The van der Waals surface area contributed by atoms with E-state index in [1.54, 1.807) is 4.90 Å². The molecule has 1 aromatic rings. The SMILES string of the molecule is CCC[C@H](NC(=O)[C@@H]1C[C@@H]2CCCC[C@@H]2N1C(=O)[C@@H](NC(=O)[C@@H](NC(=O)c1cnccn1)C1CCCCC1)C(C)(C)C)C(=O)C(=O)NC1CCOC1. The van der Waals surface area contributed by atoms with Crippen LogP contribution in [0.2, 0.25) is 0 Å². The van der Waals surface area contributed by atoms with Gasteiger partial charge in [-0.1, -0.05) is 66.2 Å². The number of nitrogens with one attached hydrogen (secondary N) is 4. The Kier molecular flexibility index (Phi) is 13.4. The van der Waals surface area contributed by atoms with E-state index in [-0.39, 0.29) is 41.9 Å². The Bertz CT molecular complexity index is 1440. The lowest BCUT2D eigenvalue weighted by Gasteiger charge is -2.40. The third-order valence-corrected chi connectivity index (χ3v) is 11.2. The van der Waals surface area contributed by atoms with Crippen molar-refractivity contribution >= 4 is 35.3 Å². The van der Waals surface area contributed by atoms with Gasteiger partial charge in [-0.25, -0.2) is 4.98 Å². The van der Waals surface area contributed by atoms with Crippen molar-refractivity contribution in [3.05, 3.63) is 24.3 Å². The molecule has 2 saturated heterocycles. The molecular weight excluding hydrogens is 666 g/mol. The van der Waals surface area contributed by atoms with Crippen molar-refractivity contribution in [2.75, 3.05) is 13.2 Å². The average Bonchev–Trinajstić information content (AvgIpc) is 3.80. The fourth-order valence-corrected chi connectivity index (χ4v) is 8.43. The summed E-state index contributed by atoms with van der Waals surface area (Å²) in [6.45, 7) is 8.34. The molecule has 4 aliphatic rings. The molecule has 2 saturated carbocycles. The number of Topliss-reactive ketones (excluding diaryl/α,β-unsaturated/α-hetero) is 1. The van der Waals surface area contributed by atoms with Crippen LogP contribution in [0.1, 0.15) is 122 Å². The molecule has 0 aromatic carbocycles. The van der Waals surface area contributed by atoms with Crippen LogP contribution in [0.4, 0.5) is 0 Å². The lowest BCUT2D eigenvalue weighted by molar-refractivity contribution is -0.147. The van der Waals surface area contributed by atoms with Gasteiger partial charge >= 0.3 is 0 Å². The Hall–Kier alpha value is -3.94. The van der Waals surface area contributed by atoms with Crippen LogP contribution in [0.25, 0.3) is 0 Å². The van der Waals surface area contributed by atoms with Gasteiger partial charge in [-0.3, -0.25) is 33.8 Å². The van der Waals surface area contributed by atoms with Gasteiger partial charge in [-0.05, 0) is 62.2 Å². The summed E-state index contributed by atoms with van der Waals surface area (Å²) >= 11 is 0. The van der Waals surface area contributed by atoms with Crippen LogP contribution in [0.5, 0.6) is 0 Å². The number of carbonyl (C=O) groups excluding carboxylic acids is 6. The highest BCUT2D eigenvalue weighted by atomic mass is 16.5. The predicted molar refractivity (Wildman–Crippen MR) is 191 cm³/mol. The zero-order chi connectivity index (χ0) is 37.4. The van der Waals surface area contributed by atoms with Gasteiger partial charge in [0.25, 0.3) is 11.8 Å². The van der Waals surface area contributed by atoms with E-state index in [0.717, 1.165) is 57.8 Å². The summed E-state index contributed by atoms with van der Waals surface area (Å²) in [5.41, 5.74) is -0.659. The van der Waals surface area contributed by atoms with Crippen LogP contribution in [0.15, 0.2) is 18.6 Å². The van der Waals surface area contributed by atoms with Crippen molar-refractivity contribution < 1.29 is 33.5 Å². The molecule has 2 aliphatic carbocycles. The van der Waals surface area contributed by atoms with Gasteiger partial charge in [0.1, 0.15) is 23.8 Å². The van der Waals surface area contributed by atoms with Crippen molar-refractivity contribution in [1.29, 1.82) is 0 Å². The van der Waals surface area contributed by atoms with Crippen LogP contribution in [-0.4, -0.2) is 99.7 Å². The lowest BCUT2D eigenvalue weighted by atomic mass is 9.81. The fraction of sp³-hybridized carbons (Fsp3) is 0.737. The first-order valence-electron chi connectivity index (χ1n) is 19.3. The molecule has 2 aliphatic heterocycles. The van der Waals surface area contributed by atoms with Crippen LogP contribution in [-0.2, 0) is 28.7 Å². The monoisotopic (exact) mass is 723 g/mol. The normalized spacial score (nSPS) is 25.3. The first-order chi connectivity index (χ1) is 24.9. The van der Waals surface area contributed by atoms with E-state index in [4.69, 9.17) is 4.74 Å². The van der Waals surface area contributed by atoms with Gasteiger partial charge in [0.2, 0.25) is 23.5 Å². The number of carbonyl (C=O) groups is 6. The summed E-state index contributed by atoms with van der Waals surface area (Å²) in [5, 5.41) is 11.5. The average molecular weight is 724 g/mol. The Labute approximate surface area is 306 Å². The molecule has 5 rings (SSSR count). The van der Waals surface area contributed by atoms with Gasteiger partial charge in [-0.15, -0.1) is 0 Å². The number of aromatic nitrogens is 2. The van der Waals surface area contributed by atoms with Crippen LogP contribution >= 0.6 is 0 Å². The number of nitrogens with zero attached hydrogens (tertiary/aromatic N) is 3. The van der Waals surface area contributed by atoms with E-state index in [0.29, 0.717) is 32.5 Å². The second-order valence-electron chi connectivity index (χ2n) is 16.1. The van der Waals surface area contributed by atoms with Gasteiger partial charge in [0.15, 0.2) is 0 Å². The summed E-state index contributed by atoms with van der Waals surface area (Å²) < 4.78 is 5.32. The Morgan fingerprint density at radius 3 is 2.31 bits per heavy atom. The molecule has 1 unspecified atom stereocenters. The quantitative estimate of drug-likeness (QED) is 0.222. The fourth-order valence-electron chi connectivity index (χ4n) is 8.43. The first-order valence-corrected chi connectivity index (χ1v) is 19.3. The minimum Gasteiger partial charge on any atom is -0.379 e. The van der Waals surface area contributed by atoms with E-state index in [2.05, 4.69) is 31.2 Å². The molecule has 3 heterocycles. The molecule has 14 nitrogen and oxygen atoms in total. The van der Waals surface area contributed by atoms with E-state index < -0.39 is 59.0 Å². The molecule has 52 heavy (non-hydrogen) atoms. The van der Waals surface area contributed by atoms with E-state index in [1.165, 1.54) is 18.6 Å². The maximum atomic E-state index is 14.9. The van der Waals surface area contributed by atoms with Gasteiger partial charge < -0.3 is 30.9 Å². The minimum atomic E-state index is -1.04. The van der Waals surface area contributed by atoms with Crippen molar-refractivity contribution in [3.8, 4) is 0 Å². The molecule has 0 spiro atoms. The number of ether oxygens (including phenoxy) is 1. The Balaban J connectivity index is 1.37. The number of amides is 5. The standard InChI is InChI=1S/C38H57N7O7/c1-5-11-26(31(46)36(50)41-25-16-19-52-22-25)42-34(48)29-20-24-14-9-10-15-28(24)45(29)37(51)32(38(2,3)4)44-35(49)30(23-12-7-6-8-13-23)43-33(47)27-21-39-17-18-40-27/h17-18,21,23-26,28-30,32H,5-16,19-20,22H2,1-4H3,(H,41,50)(H,42,48)(H,43,47)(H,44,49)/t24-,25?,26-,28-,29-,30-,32+/m0/s1.